The van der Waals surface area contributed by atoms with Gasteiger partial charge in [0, 0.05) is 0 Å². The van der Waals surface area contributed by atoms with Gasteiger partial charge in [0.05, 0.1) is 11.4 Å². The van der Waals surface area contributed by atoms with Gasteiger partial charge in [-0.05, 0) is 23.1 Å². The van der Waals surface area contributed by atoms with Crippen LogP contribution in [0.25, 0.3) is 10.7 Å². The van der Waals surface area contributed by atoms with E-state index in [1.165, 1.54) is 0 Å². The molecule has 0 amide bonds. The molecule has 1 radical (unpaired) electrons. The van der Waals surface area contributed by atoms with Crippen LogP contribution in [-0.2, 0) is 6.54 Å². The van der Waals surface area contributed by atoms with Crippen LogP contribution in [0.2, 0.25) is 0 Å². The summed E-state index contributed by atoms with van der Waals surface area (Å²) in [5.74, 6) is 0.698. The van der Waals surface area contributed by atoms with Crippen LogP contribution in [0, 0.1) is 6.92 Å². The molecule has 0 bridgehead atoms. The third-order valence-corrected chi connectivity index (χ3v) is 2.42. The average molecular weight is 193 g/mol. The molecule has 0 spiro atoms. The second-order valence-corrected chi connectivity index (χ2v) is 3.49. The maximum Gasteiger partial charge on any atom is 0.214 e. The third kappa shape index (κ3) is 1.75. The van der Waals surface area contributed by atoms with Crippen molar-refractivity contribution >= 4 is 11.3 Å². The fourth-order valence-electron chi connectivity index (χ4n) is 0.984. The van der Waals surface area contributed by atoms with Gasteiger partial charge >= 0.3 is 0 Å². The Balaban J connectivity index is 2.23. The molecule has 0 saturated carbocycles. The first kappa shape index (κ1) is 8.37. The highest BCUT2D eigenvalue weighted by Gasteiger charge is 2.04. The third-order valence-electron chi connectivity index (χ3n) is 1.55. The van der Waals surface area contributed by atoms with Gasteiger partial charge in [-0.3, -0.25) is 0 Å². The molecule has 67 valence electrons. The molecule has 2 heterocycles. The monoisotopic (exact) mass is 193 g/mol. The van der Waals surface area contributed by atoms with E-state index in [1.54, 1.807) is 16.1 Å². The zero-order chi connectivity index (χ0) is 9.10. The fourth-order valence-corrected chi connectivity index (χ4v) is 1.63. The van der Waals surface area contributed by atoms with Crippen LogP contribution in [-0.4, -0.2) is 20.2 Å². The molecule has 4 nitrogen and oxygen atoms in total. The van der Waals surface area contributed by atoms with Crippen LogP contribution in [0.15, 0.2) is 17.5 Å². The topological polar surface area (TPSA) is 43.6 Å². The quantitative estimate of drug-likeness (QED) is 0.744. The summed E-state index contributed by atoms with van der Waals surface area (Å²) in [6, 6.07) is 3.96. The van der Waals surface area contributed by atoms with E-state index in [-0.39, 0.29) is 0 Å². The molecule has 0 atom stereocenters. The maximum absolute atomic E-state index is 4.21. The minimum atomic E-state index is 0.698. The first-order valence-electron chi connectivity index (χ1n) is 4.01. The SMILES string of the molecule is [CH2]CCn1nnc(-c2cccs2)n1. The molecular weight excluding hydrogens is 184 g/mol. The summed E-state index contributed by atoms with van der Waals surface area (Å²) < 4.78 is 0. The first-order chi connectivity index (χ1) is 6.40. The summed E-state index contributed by atoms with van der Waals surface area (Å²) in [6.07, 6.45) is 0.778. The summed E-state index contributed by atoms with van der Waals surface area (Å²) in [5, 5.41) is 14.1. The molecule has 0 aliphatic rings. The molecule has 13 heavy (non-hydrogen) atoms. The molecule has 0 unspecified atom stereocenters. The van der Waals surface area contributed by atoms with Crippen molar-refractivity contribution in [3.05, 3.63) is 24.4 Å². The molecule has 0 aliphatic carbocycles. The smallest absolute Gasteiger partial charge is 0.164 e. The molecule has 5 heteroatoms. The molecule has 0 aromatic carbocycles. The van der Waals surface area contributed by atoms with Gasteiger partial charge < -0.3 is 0 Å². The van der Waals surface area contributed by atoms with Crippen molar-refractivity contribution in [2.24, 2.45) is 0 Å². The van der Waals surface area contributed by atoms with Gasteiger partial charge in [-0.25, -0.2) is 0 Å². The molecule has 0 saturated heterocycles. The lowest BCUT2D eigenvalue weighted by molar-refractivity contribution is 0.527. The van der Waals surface area contributed by atoms with Gasteiger partial charge in [-0.1, -0.05) is 13.0 Å². The van der Waals surface area contributed by atoms with E-state index in [0.717, 1.165) is 17.8 Å². The Bertz CT molecular complexity index is 365. The Morgan fingerprint density at radius 1 is 1.54 bits per heavy atom. The molecule has 0 N–H and O–H groups in total. The Hall–Kier alpha value is -1.23. The predicted molar refractivity (Wildman–Crippen MR) is 51.1 cm³/mol. The molecule has 2 aromatic heterocycles. The van der Waals surface area contributed by atoms with E-state index in [4.69, 9.17) is 0 Å². The zero-order valence-electron chi connectivity index (χ0n) is 7.05. The first-order valence-corrected chi connectivity index (χ1v) is 4.89. The van der Waals surface area contributed by atoms with Gasteiger partial charge in [0.15, 0.2) is 0 Å². The molecule has 0 aliphatic heterocycles. The summed E-state index contributed by atoms with van der Waals surface area (Å²) >= 11 is 1.61. The van der Waals surface area contributed by atoms with Crippen molar-refractivity contribution in [1.29, 1.82) is 0 Å². The maximum atomic E-state index is 4.21. The normalized spacial score (nSPS) is 10.5. The number of aryl methyl sites for hydroxylation is 1. The van der Waals surface area contributed by atoms with Gasteiger partial charge in [0.2, 0.25) is 5.82 Å². The van der Waals surface area contributed by atoms with E-state index in [2.05, 4.69) is 22.3 Å². The van der Waals surface area contributed by atoms with Crippen LogP contribution in [0.4, 0.5) is 0 Å². The van der Waals surface area contributed by atoms with Crippen molar-refractivity contribution in [2.45, 2.75) is 13.0 Å². The second-order valence-electron chi connectivity index (χ2n) is 2.54. The van der Waals surface area contributed by atoms with Crippen molar-refractivity contribution in [2.75, 3.05) is 0 Å². The minimum absolute atomic E-state index is 0.698. The Labute approximate surface area is 80.2 Å². The van der Waals surface area contributed by atoms with E-state index in [9.17, 15) is 0 Å². The Kier molecular flexibility index (Phi) is 2.35. The van der Waals surface area contributed by atoms with E-state index < -0.39 is 0 Å². The van der Waals surface area contributed by atoms with Gasteiger partial charge in [0.25, 0.3) is 0 Å². The van der Waals surface area contributed by atoms with Gasteiger partial charge in [-0.15, -0.1) is 21.5 Å². The summed E-state index contributed by atoms with van der Waals surface area (Å²) in [4.78, 5) is 2.62. The van der Waals surface area contributed by atoms with E-state index >= 15 is 0 Å². The standard InChI is InChI=1S/C8H9N4S/c1-2-5-12-10-8(9-11-12)7-4-3-6-13-7/h3-4,6H,1-2,5H2. The van der Waals surface area contributed by atoms with E-state index in [0.29, 0.717) is 5.82 Å². The lowest BCUT2D eigenvalue weighted by atomic mass is 10.4. The number of aromatic nitrogens is 4. The Morgan fingerprint density at radius 2 is 2.46 bits per heavy atom. The van der Waals surface area contributed by atoms with Crippen molar-refractivity contribution in [3.8, 4) is 10.7 Å². The number of rotatable bonds is 3. The highest BCUT2D eigenvalue weighted by Crippen LogP contribution is 2.19. The number of hydrogen-bond acceptors (Lipinski definition) is 4. The van der Waals surface area contributed by atoms with Crippen molar-refractivity contribution in [3.63, 3.8) is 0 Å². The molecule has 2 rings (SSSR count). The number of nitrogens with zero attached hydrogens (tertiary/aromatic N) is 4. The highest BCUT2D eigenvalue weighted by atomic mass is 32.1. The number of thiophene rings is 1. The van der Waals surface area contributed by atoms with Crippen LogP contribution >= 0.6 is 11.3 Å². The summed E-state index contributed by atoms with van der Waals surface area (Å²) in [7, 11) is 0. The van der Waals surface area contributed by atoms with Crippen LogP contribution in [0.1, 0.15) is 6.42 Å². The number of tetrazole rings is 1. The summed E-state index contributed by atoms with van der Waals surface area (Å²) in [5.41, 5.74) is 0. The molecule has 0 fully saturated rings. The van der Waals surface area contributed by atoms with Gasteiger partial charge in [-0.2, -0.15) is 4.80 Å². The van der Waals surface area contributed by atoms with Gasteiger partial charge in [0.1, 0.15) is 0 Å². The second kappa shape index (κ2) is 3.66. The van der Waals surface area contributed by atoms with Crippen LogP contribution < -0.4 is 0 Å². The molecule has 2 aromatic rings. The largest absolute Gasteiger partial charge is 0.214 e. The minimum Gasteiger partial charge on any atom is -0.164 e. The lowest BCUT2D eigenvalue weighted by Crippen LogP contribution is -2.00. The van der Waals surface area contributed by atoms with Crippen molar-refractivity contribution < 1.29 is 0 Å². The van der Waals surface area contributed by atoms with Crippen LogP contribution in [0.3, 0.4) is 0 Å². The summed E-state index contributed by atoms with van der Waals surface area (Å²) in [6.45, 7) is 4.45. The average Bonchev–Trinajstić information content (AvgIpc) is 2.70. The lowest BCUT2D eigenvalue weighted by Gasteiger charge is -1.90. The zero-order valence-corrected chi connectivity index (χ0v) is 7.87. The Morgan fingerprint density at radius 3 is 3.15 bits per heavy atom. The predicted octanol–water partition coefficient (Wildman–Crippen LogP) is 1.63. The highest BCUT2D eigenvalue weighted by molar-refractivity contribution is 7.13. The van der Waals surface area contributed by atoms with E-state index in [1.807, 2.05) is 17.5 Å². The molecular formula is C8H9N4S. The van der Waals surface area contributed by atoms with Crippen molar-refractivity contribution in [1.82, 2.24) is 20.2 Å². The van der Waals surface area contributed by atoms with Crippen LogP contribution in [0.5, 0.6) is 0 Å². The number of hydrogen-bond donors (Lipinski definition) is 0. The fraction of sp³-hybridized carbons (Fsp3) is 0.250.